The number of para-hydroxylation sites is 2. The number of benzene rings is 2. The Bertz CT molecular complexity index is 653. The maximum Gasteiger partial charge on any atom is 0.261 e. The third-order valence-electron chi connectivity index (χ3n) is 3.35. The fourth-order valence-electron chi connectivity index (χ4n) is 2.26. The van der Waals surface area contributed by atoms with Gasteiger partial charge in [-0.3, -0.25) is 4.79 Å². The van der Waals surface area contributed by atoms with E-state index in [1.54, 1.807) is 30.1 Å². The first-order valence-electron chi connectivity index (χ1n) is 6.91. The number of aryl methyl sites for hydroxylation is 1. The molecule has 0 radical (unpaired) electrons. The van der Waals surface area contributed by atoms with Crippen molar-refractivity contribution >= 4 is 17.3 Å². The largest absolute Gasteiger partial charge is 0.491 e. The van der Waals surface area contributed by atoms with Gasteiger partial charge in [-0.05, 0) is 37.6 Å². The van der Waals surface area contributed by atoms with E-state index in [4.69, 9.17) is 10.5 Å². The summed E-state index contributed by atoms with van der Waals surface area (Å²) in [5.74, 6) is 0.311. The molecule has 0 unspecified atom stereocenters. The standard InChI is InChI=1S/C17H20N2O2/c1-4-21-16-13(9-7-10-14(16)18)17(20)19(3)15-11-6-5-8-12(15)2/h5-11H,4,18H2,1-3H3. The van der Waals surface area contributed by atoms with E-state index >= 15 is 0 Å². The van der Waals surface area contributed by atoms with Crippen LogP contribution in [0.15, 0.2) is 42.5 Å². The summed E-state index contributed by atoms with van der Waals surface area (Å²) in [5.41, 5.74) is 8.77. The van der Waals surface area contributed by atoms with E-state index in [1.165, 1.54) is 0 Å². The van der Waals surface area contributed by atoms with Crippen molar-refractivity contribution in [1.82, 2.24) is 0 Å². The van der Waals surface area contributed by atoms with Crippen molar-refractivity contribution in [3.05, 3.63) is 53.6 Å². The average molecular weight is 284 g/mol. The first-order valence-corrected chi connectivity index (χ1v) is 6.91. The van der Waals surface area contributed by atoms with Gasteiger partial charge in [-0.2, -0.15) is 0 Å². The summed E-state index contributed by atoms with van der Waals surface area (Å²) in [6.07, 6.45) is 0. The Labute approximate surface area is 125 Å². The Morgan fingerprint density at radius 3 is 2.57 bits per heavy atom. The predicted molar refractivity (Wildman–Crippen MR) is 85.9 cm³/mol. The highest BCUT2D eigenvalue weighted by Gasteiger charge is 2.20. The summed E-state index contributed by atoms with van der Waals surface area (Å²) in [7, 11) is 1.75. The lowest BCUT2D eigenvalue weighted by Gasteiger charge is -2.21. The summed E-state index contributed by atoms with van der Waals surface area (Å²) < 4.78 is 5.53. The van der Waals surface area contributed by atoms with Crippen molar-refractivity contribution in [3.8, 4) is 5.75 Å². The predicted octanol–water partition coefficient (Wildman–Crippen LogP) is 3.25. The van der Waals surface area contributed by atoms with E-state index in [0.717, 1.165) is 11.3 Å². The quantitative estimate of drug-likeness (QED) is 0.877. The molecule has 0 bridgehead atoms. The summed E-state index contributed by atoms with van der Waals surface area (Å²) >= 11 is 0. The number of carbonyl (C=O) groups excluding carboxylic acids is 1. The molecular formula is C17H20N2O2. The third kappa shape index (κ3) is 2.99. The summed E-state index contributed by atoms with van der Waals surface area (Å²) in [4.78, 5) is 14.4. The number of ether oxygens (including phenoxy) is 1. The zero-order valence-electron chi connectivity index (χ0n) is 12.6. The van der Waals surface area contributed by atoms with Crippen molar-refractivity contribution in [1.29, 1.82) is 0 Å². The zero-order valence-corrected chi connectivity index (χ0v) is 12.6. The van der Waals surface area contributed by atoms with Gasteiger partial charge in [-0.1, -0.05) is 24.3 Å². The Hall–Kier alpha value is -2.49. The molecule has 0 aliphatic carbocycles. The first kappa shape index (κ1) is 14.9. The minimum atomic E-state index is -0.139. The molecule has 0 spiro atoms. The lowest BCUT2D eigenvalue weighted by atomic mass is 10.1. The van der Waals surface area contributed by atoms with Crippen LogP contribution in [0.4, 0.5) is 11.4 Å². The molecule has 2 aromatic carbocycles. The molecule has 0 saturated heterocycles. The monoisotopic (exact) mass is 284 g/mol. The first-order chi connectivity index (χ1) is 10.1. The Balaban J connectivity index is 2.41. The molecule has 0 atom stereocenters. The Morgan fingerprint density at radius 2 is 1.90 bits per heavy atom. The van der Waals surface area contributed by atoms with Crippen molar-refractivity contribution in [2.75, 3.05) is 24.3 Å². The number of anilines is 2. The highest BCUT2D eigenvalue weighted by molar-refractivity contribution is 6.08. The molecule has 0 aromatic heterocycles. The summed E-state index contributed by atoms with van der Waals surface area (Å²) in [6.45, 7) is 4.30. The molecule has 2 aromatic rings. The molecule has 0 fully saturated rings. The lowest BCUT2D eigenvalue weighted by Crippen LogP contribution is -2.27. The SMILES string of the molecule is CCOc1c(N)cccc1C(=O)N(C)c1ccccc1C. The fraction of sp³-hybridized carbons (Fsp3) is 0.235. The van der Waals surface area contributed by atoms with Crippen LogP contribution in [0.2, 0.25) is 0 Å². The number of hydrogen-bond donors (Lipinski definition) is 1. The van der Waals surface area contributed by atoms with Gasteiger partial charge in [0.2, 0.25) is 0 Å². The maximum atomic E-state index is 12.7. The van der Waals surface area contributed by atoms with Gasteiger partial charge < -0.3 is 15.4 Å². The third-order valence-corrected chi connectivity index (χ3v) is 3.35. The second-order valence-electron chi connectivity index (χ2n) is 4.81. The van der Waals surface area contributed by atoms with Crippen molar-refractivity contribution in [2.45, 2.75) is 13.8 Å². The molecule has 0 aliphatic heterocycles. The number of hydrogen-bond acceptors (Lipinski definition) is 3. The van der Waals surface area contributed by atoms with Crippen LogP contribution in [0.1, 0.15) is 22.8 Å². The number of nitrogens with two attached hydrogens (primary N) is 1. The van der Waals surface area contributed by atoms with Crippen LogP contribution in [-0.4, -0.2) is 19.6 Å². The minimum Gasteiger partial charge on any atom is -0.491 e. The molecule has 21 heavy (non-hydrogen) atoms. The van der Waals surface area contributed by atoms with Crippen molar-refractivity contribution in [3.63, 3.8) is 0 Å². The van der Waals surface area contributed by atoms with Crippen molar-refractivity contribution < 1.29 is 9.53 Å². The number of carbonyl (C=O) groups is 1. The van der Waals surface area contributed by atoms with Crippen LogP contribution >= 0.6 is 0 Å². The molecule has 110 valence electrons. The van der Waals surface area contributed by atoms with Gasteiger partial charge in [0.25, 0.3) is 5.91 Å². The molecule has 0 heterocycles. The average Bonchev–Trinajstić information content (AvgIpc) is 2.48. The molecule has 4 nitrogen and oxygen atoms in total. The number of rotatable bonds is 4. The van der Waals surface area contributed by atoms with Gasteiger partial charge in [-0.25, -0.2) is 0 Å². The molecule has 2 rings (SSSR count). The Kier molecular flexibility index (Phi) is 4.48. The van der Waals surface area contributed by atoms with Crippen LogP contribution in [0.3, 0.4) is 0 Å². The molecule has 0 aliphatic rings. The molecular weight excluding hydrogens is 264 g/mol. The maximum absolute atomic E-state index is 12.7. The van der Waals surface area contributed by atoms with Crippen LogP contribution in [0, 0.1) is 6.92 Å². The second-order valence-corrected chi connectivity index (χ2v) is 4.81. The van der Waals surface area contributed by atoms with E-state index in [-0.39, 0.29) is 5.91 Å². The molecule has 1 amide bonds. The van der Waals surface area contributed by atoms with Gasteiger partial charge in [0.05, 0.1) is 17.9 Å². The van der Waals surface area contributed by atoms with Gasteiger partial charge in [0.15, 0.2) is 5.75 Å². The molecule has 2 N–H and O–H groups in total. The van der Waals surface area contributed by atoms with Gasteiger partial charge in [0.1, 0.15) is 0 Å². The molecule has 4 heteroatoms. The normalized spacial score (nSPS) is 10.2. The van der Waals surface area contributed by atoms with E-state index in [2.05, 4.69) is 0 Å². The van der Waals surface area contributed by atoms with Gasteiger partial charge in [0, 0.05) is 12.7 Å². The topological polar surface area (TPSA) is 55.6 Å². The van der Waals surface area contributed by atoms with E-state index in [1.807, 2.05) is 38.1 Å². The smallest absolute Gasteiger partial charge is 0.261 e. The van der Waals surface area contributed by atoms with Crippen LogP contribution in [-0.2, 0) is 0 Å². The minimum absolute atomic E-state index is 0.139. The van der Waals surface area contributed by atoms with Gasteiger partial charge >= 0.3 is 0 Å². The lowest BCUT2D eigenvalue weighted by molar-refractivity contribution is 0.0989. The highest BCUT2D eigenvalue weighted by atomic mass is 16.5. The van der Waals surface area contributed by atoms with Crippen LogP contribution in [0.25, 0.3) is 0 Å². The van der Waals surface area contributed by atoms with Crippen molar-refractivity contribution in [2.24, 2.45) is 0 Å². The molecule has 0 saturated carbocycles. The second kappa shape index (κ2) is 6.31. The van der Waals surface area contributed by atoms with E-state index in [9.17, 15) is 4.79 Å². The van der Waals surface area contributed by atoms with E-state index in [0.29, 0.717) is 23.6 Å². The number of nitrogens with zero attached hydrogens (tertiary/aromatic N) is 1. The summed E-state index contributed by atoms with van der Waals surface area (Å²) in [6, 6.07) is 13.0. The summed E-state index contributed by atoms with van der Waals surface area (Å²) in [5, 5.41) is 0. The number of amides is 1. The van der Waals surface area contributed by atoms with Crippen LogP contribution < -0.4 is 15.4 Å². The highest BCUT2D eigenvalue weighted by Crippen LogP contribution is 2.29. The van der Waals surface area contributed by atoms with E-state index < -0.39 is 0 Å². The van der Waals surface area contributed by atoms with Gasteiger partial charge in [-0.15, -0.1) is 0 Å². The zero-order chi connectivity index (χ0) is 15.4. The van der Waals surface area contributed by atoms with Crippen LogP contribution in [0.5, 0.6) is 5.75 Å². The Morgan fingerprint density at radius 1 is 1.19 bits per heavy atom. The number of nitrogen functional groups attached to an aromatic ring is 1. The fourth-order valence-corrected chi connectivity index (χ4v) is 2.26.